The average Bonchev–Trinajstić information content (AvgIpc) is 2.22. The van der Waals surface area contributed by atoms with Crippen LogP contribution in [0.5, 0.6) is 0 Å². The zero-order valence-corrected chi connectivity index (χ0v) is 9.23. The van der Waals surface area contributed by atoms with E-state index in [0.717, 1.165) is 4.90 Å². The zero-order chi connectivity index (χ0) is 10.7. The lowest BCUT2D eigenvalue weighted by atomic mass is 10.3. The van der Waals surface area contributed by atoms with Crippen LogP contribution in [0, 0.1) is 5.82 Å². The van der Waals surface area contributed by atoms with Gasteiger partial charge in [0.05, 0.1) is 0 Å². The third-order valence-corrected chi connectivity index (χ3v) is 3.01. The Morgan fingerprint density at radius 1 is 1.20 bits per heavy atom. The molecule has 0 amide bonds. The molecule has 0 atom stereocenters. The van der Waals surface area contributed by atoms with Crippen LogP contribution >= 0.6 is 23.4 Å². The van der Waals surface area contributed by atoms with Gasteiger partial charge in [-0.25, -0.2) is 9.37 Å². The highest BCUT2D eigenvalue weighted by Crippen LogP contribution is 2.30. The van der Waals surface area contributed by atoms with Crippen LogP contribution in [0.25, 0.3) is 0 Å². The molecule has 0 saturated carbocycles. The normalized spacial score (nSPS) is 10.3. The zero-order valence-electron chi connectivity index (χ0n) is 7.65. The van der Waals surface area contributed by atoms with Crippen LogP contribution in [0.2, 0.25) is 5.15 Å². The summed E-state index contributed by atoms with van der Waals surface area (Å²) in [5, 5.41) is 0.413. The number of halogens is 2. The number of hydrogen-bond acceptors (Lipinski definition) is 2. The van der Waals surface area contributed by atoms with E-state index in [1.165, 1.54) is 17.8 Å². The molecule has 4 heteroatoms. The summed E-state index contributed by atoms with van der Waals surface area (Å²) in [6.07, 6.45) is 1.60. The second-order valence-corrected chi connectivity index (χ2v) is 4.35. The molecule has 0 saturated heterocycles. The highest BCUT2D eigenvalue weighted by atomic mass is 35.5. The van der Waals surface area contributed by atoms with Crippen LogP contribution in [0.15, 0.2) is 52.4 Å². The monoisotopic (exact) mass is 239 g/mol. The van der Waals surface area contributed by atoms with Gasteiger partial charge in [0.15, 0.2) is 0 Å². The van der Waals surface area contributed by atoms with Crippen molar-refractivity contribution in [2.45, 2.75) is 9.79 Å². The Hall–Kier alpha value is -1.06. The Bertz CT molecular complexity index is 476. The molecule has 76 valence electrons. The molecule has 0 fully saturated rings. The van der Waals surface area contributed by atoms with Gasteiger partial charge in [0, 0.05) is 16.0 Å². The molecule has 2 aromatic rings. The minimum atomic E-state index is -0.226. The maximum Gasteiger partial charge on any atom is 0.137 e. The summed E-state index contributed by atoms with van der Waals surface area (Å²) in [6.45, 7) is 0. The molecular weight excluding hydrogens is 233 g/mol. The summed E-state index contributed by atoms with van der Waals surface area (Å²) in [6, 6.07) is 10.1. The lowest BCUT2D eigenvalue weighted by Gasteiger charge is -2.02. The maximum absolute atomic E-state index is 13.3. The summed E-state index contributed by atoms with van der Waals surface area (Å²) in [7, 11) is 0. The van der Waals surface area contributed by atoms with E-state index in [9.17, 15) is 4.39 Å². The number of nitrogens with zero attached hydrogens (tertiary/aromatic N) is 1. The van der Waals surface area contributed by atoms with Crippen molar-refractivity contribution < 1.29 is 4.39 Å². The lowest BCUT2D eigenvalue weighted by molar-refractivity contribution is 0.602. The molecule has 0 aliphatic rings. The van der Waals surface area contributed by atoms with Gasteiger partial charge >= 0.3 is 0 Å². The van der Waals surface area contributed by atoms with E-state index >= 15 is 0 Å². The Labute approximate surface area is 96.3 Å². The van der Waals surface area contributed by atoms with Crippen molar-refractivity contribution in [3.8, 4) is 0 Å². The predicted octanol–water partition coefficient (Wildman–Crippen LogP) is 4.03. The Kier molecular flexibility index (Phi) is 3.23. The van der Waals surface area contributed by atoms with E-state index in [-0.39, 0.29) is 5.82 Å². The van der Waals surface area contributed by atoms with Crippen LogP contribution in [-0.4, -0.2) is 4.98 Å². The van der Waals surface area contributed by atoms with Crippen molar-refractivity contribution in [2.24, 2.45) is 0 Å². The molecule has 2 rings (SSSR count). The fourth-order valence-electron chi connectivity index (χ4n) is 1.10. The van der Waals surface area contributed by atoms with Gasteiger partial charge in [-0.2, -0.15) is 0 Å². The molecule has 0 aliphatic heterocycles. The van der Waals surface area contributed by atoms with E-state index in [1.807, 2.05) is 0 Å². The van der Waals surface area contributed by atoms with Gasteiger partial charge in [0.25, 0.3) is 0 Å². The third-order valence-electron chi connectivity index (χ3n) is 1.76. The number of hydrogen-bond donors (Lipinski definition) is 0. The van der Waals surface area contributed by atoms with Gasteiger partial charge in [0.2, 0.25) is 0 Å². The Morgan fingerprint density at radius 2 is 2.00 bits per heavy atom. The van der Waals surface area contributed by atoms with Crippen molar-refractivity contribution in [3.63, 3.8) is 0 Å². The largest absolute Gasteiger partial charge is 0.244 e. The number of aromatic nitrogens is 1. The smallest absolute Gasteiger partial charge is 0.137 e. The van der Waals surface area contributed by atoms with E-state index < -0.39 is 0 Å². The van der Waals surface area contributed by atoms with E-state index in [4.69, 9.17) is 11.6 Å². The molecule has 1 aromatic carbocycles. The maximum atomic E-state index is 13.3. The van der Waals surface area contributed by atoms with Gasteiger partial charge in [-0.15, -0.1) is 0 Å². The SMILES string of the molecule is Fc1ccccc1Sc1ccnc(Cl)c1. The van der Waals surface area contributed by atoms with Crippen LogP contribution in [0.3, 0.4) is 0 Å². The first-order chi connectivity index (χ1) is 7.25. The number of pyridine rings is 1. The standard InChI is InChI=1S/C11H7ClFNS/c12-11-7-8(5-6-14-11)15-10-4-2-1-3-9(10)13/h1-7H. The molecule has 0 N–H and O–H groups in total. The van der Waals surface area contributed by atoms with Crippen LogP contribution in [0.4, 0.5) is 4.39 Å². The molecule has 0 bridgehead atoms. The third kappa shape index (κ3) is 2.70. The Morgan fingerprint density at radius 3 is 2.73 bits per heavy atom. The van der Waals surface area contributed by atoms with Crippen molar-refractivity contribution >= 4 is 23.4 Å². The van der Waals surface area contributed by atoms with E-state index in [0.29, 0.717) is 10.0 Å². The fraction of sp³-hybridized carbons (Fsp3) is 0. The first kappa shape index (κ1) is 10.5. The highest BCUT2D eigenvalue weighted by Gasteiger charge is 2.03. The van der Waals surface area contributed by atoms with Crippen molar-refractivity contribution in [3.05, 3.63) is 53.6 Å². The molecule has 15 heavy (non-hydrogen) atoms. The first-order valence-electron chi connectivity index (χ1n) is 4.29. The molecule has 0 radical (unpaired) electrons. The predicted molar refractivity (Wildman–Crippen MR) is 59.8 cm³/mol. The average molecular weight is 240 g/mol. The van der Waals surface area contributed by atoms with Crippen molar-refractivity contribution in [2.75, 3.05) is 0 Å². The lowest BCUT2D eigenvalue weighted by Crippen LogP contribution is -1.80. The molecule has 1 heterocycles. The summed E-state index contributed by atoms with van der Waals surface area (Å²) >= 11 is 7.06. The number of benzene rings is 1. The second kappa shape index (κ2) is 4.64. The van der Waals surface area contributed by atoms with Crippen LogP contribution in [0.1, 0.15) is 0 Å². The highest BCUT2D eigenvalue weighted by molar-refractivity contribution is 7.99. The summed E-state index contributed by atoms with van der Waals surface area (Å²) in [5.41, 5.74) is 0. The van der Waals surface area contributed by atoms with E-state index in [2.05, 4.69) is 4.98 Å². The topological polar surface area (TPSA) is 12.9 Å². The van der Waals surface area contributed by atoms with Gasteiger partial charge in [0.1, 0.15) is 11.0 Å². The molecule has 0 aliphatic carbocycles. The summed E-state index contributed by atoms with van der Waals surface area (Å²) in [5.74, 6) is -0.226. The minimum Gasteiger partial charge on any atom is -0.244 e. The van der Waals surface area contributed by atoms with Crippen LogP contribution < -0.4 is 0 Å². The van der Waals surface area contributed by atoms with E-state index in [1.54, 1.807) is 36.5 Å². The Balaban J connectivity index is 2.26. The molecule has 1 aromatic heterocycles. The van der Waals surface area contributed by atoms with Gasteiger partial charge in [-0.3, -0.25) is 0 Å². The van der Waals surface area contributed by atoms with Crippen molar-refractivity contribution in [1.29, 1.82) is 0 Å². The number of rotatable bonds is 2. The second-order valence-electron chi connectivity index (χ2n) is 2.85. The quantitative estimate of drug-likeness (QED) is 0.734. The van der Waals surface area contributed by atoms with Crippen molar-refractivity contribution in [1.82, 2.24) is 4.98 Å². The minimum absolute atomic E-state index is 0.226. The van der Waals surface area contributed by atoms with Crippen LogP contribution in [-0.2, 0) is 0 Å². The van der Waals surface area contributed by atoms with Gasteiger partial charge < -0.3 is 0 Å². The van der Waals surface area contributed by atoms with Gasteiger partial charge in [-0.1, -0.05) is 35.5 Å². The summed E-state index contributed by atoms with van der Waals surface area (Å²) in [4.78, 5) is 5.32. The molecule has 1 nitrogen and oxygen atoms in total. The molecular formula is C11H7ClFNS. The van der Waals surface area contributed by atoms with Gasteiger partial charge in [-0.05, 0) is 24.3 Å². The molecule has 0 spiro atoms. The summed E-state index contributed by atoms with van der Waals surface area (Å²) < 4.78 is 13.3. The first-order valence-corrected chi connectivity index (χ1v) is 5.49. The molecule has 0 unspecified atom stereocenters. The fourth-order valence-corrected chi connectivity index (χ4v) is 2.21.